The predicted molar refractivity (Wildman–Crippen MR) is 238 cm³/mol. The lowest BCUT2D eigenvalue weighted by Gasteiger charge is -2.33. The maximum absolute atomic E-state index is 2.55. The highest BCUT2D eigenvalue weighted by Gasteiger charge is 2.52. The minimum absolute atomic E-state index is 0.0164. The van der Waals surface area contributed by atoms with Crippen molar-refractivity contribution in [3.8, 4) is 55.6 Å². The van der Waals surface area contributed by atoms with E-state index < -0.39 is 5.41 Å². The van der Waals surface area contributed by atoms with E-state index in [4.69, 9.17) is 0 Å². The number of fused-ring (bicyclic) bond motifs is 12. The smallest absolute Gasteiger partial charge is 0.0725 e. The average Bonchev–Trinajstić information content (AvgIpc) is 3.67. The van der Waals surface area contributed by atoms with E-state index in [1.165, 1.54) is 110 Å². The van der Waals surface area contributed by atoms with E-state index in [9.17, 15) is 0 Å². The van der Waals surface area contributed by atoms with Crippen LogP contribution in [-0.4, -0.2) is 0 Å². The third-order valence-corrected chi connectivity index (χ3v) is 14.0. The Morgan fingerprint density at radius 1 is 0.357 bits per heavy atom. The molecule has 1 heterocycles. The lowest BCUT2D eigenvalue weighted by atomic mass is 9.68. The first-order valence-electron chi connectivity index (χ1n) is 20.0. The molecule has 1 spiro atoms. The first kappa shape index (κ1) is 33.7. The van der Waals surface area contributed by atoms with Crippen molar-refractivity contribution < 1.29 is 0 Å². The number of rotatable bonds is 2. The summed E-state index contributed by atoms with van der Waals surface area (Å²) in [6.07, 6.45) is 0. The molecule has 0 fully saturated rings. The molecule has 56 heavy (non-hydrogen) atoms. The minimum Gasteiger partial charge on any atom is -0.0888 e. The zero-order valence-electron chi connectivity index (χ0n) is 32.9. The fourth-order valence-corrected chi connectivity index (χ4v) is 11.2. The van der Waals surface area contributed by atoms with Crippen LogP contribution >= 0.6 is 11.8 Å². The van der Waals surface area contributed by atoms with Gasteiger partial charge in [0, 0.05) is 15.2 Å². The van der Waals surface area contributed by atoms with Crippen molar-refractivity contribution in [2.45, 2.75) is 67.6 Å². The first-order chi connectivity index (χ1) is 27.0. The van der Waals surface area contributed by atoms with Gasteiger partial charge in [0.1, 0.15) is 0 Å². The van der Waals surface area contributed by atoms with E-state index in [1.807, 2.05) is 11.8 Å². The van der Waals surface area contributed by atoms with Crippen molar-refractivity contribution in [2.24, 2.45) is 0 Å². The quantitative estimate of drug-likeness (QED) is 0.170. The van der Waals surface area contributed by atoms with Gasteiger partial charge in [-0.2, -0.15) is 0 Å². The van der Waals surface area contributed by atoms with Gasteiger partial charge in [0.15, 0.2) is 0 Å². The lowest BCUT2D eigenvalue weighted by molar-refractivity contribution is 0.586. The van der Waals surface area contributed by atoms with Gasteiger partial charge in [0.05, 0.1) is 5.41 Å². The summed E-state index contributed by atoms with van der Waals surface area (Å²) < 4.78 is 0. The molecule has 0 N–H and O–H groups in total. The van der Waals surface area contributed by atoms with Crippen LogP contribution in [0.4, 0.5) is 0 Å². The second-order valence-corrected chi connectivity index (χ2v) is 19.1. The molecule has 8 aromatic carbocycles. The third kappa shape index (κ3) is 4.61. The van der Waals surface area contributed by atoms with E-state index in [-0.39, 0.29) is 10.8 Å². The van der Waals surface area contributed by atoms with Crippen LogP contribution in [0.25, 0.3) is 66.4 Å². The summed E-state index contributed by atoms with van der Waals surface area (Å²) in [5.41, 5.74) is 21.0. The molecule has 270 valence electrons. The van der Waals surface area contributed by atoms with Crippen LogP contribution in [0.5, 0.6) is 0 Å². The van der Waals surface area contributed by atoms with Crippen molar-refractivity contribution in [3.63, 3.8) is 0 Å². The van der Waals surface area contributed by atoms with Gasteiger partial charge in [-0.05, 0) is 123 Å². The van der Waals surface area contributed by atoms with E-state index >= 15 is 0 Å². The van der Waals surface area contributed by atoms with Crippen LogP contribution in [0.3, 0.4) is 0 Å². The van der Waals surface area contributed by atoms with Crippen molar-refractivity contribution in [2.75, 3.05) is 0 Å². The van der Waals surface area contributed by atoms with Crippen LogP contribution in [0, 0.1) is 0 Å². The molecule has 0 saturated carbocycles. The summed E-state index contributed by atoms with van der Waals surface area (Å²) in [6.45, 7) is 14.0. The molecule has 0 amide bonds. The van der Waals surface area contributed by atoms with Gasteiger partial charge >= 0.3 is 0 Å². The summed E-state index contributed by atoms with van der Waals surface area (Å²) in [5, 5.41) is 2.66. The fourth-order valence-electron chi connectivity index (χ4n) is 10.1. The highest BCUT2D eigenvalue weighted by molar-refractivity contribution is 7.99. The summed E-state index contributed by atoms with van der Waals surface area (Å²) in [6, 6.07) is 60.7. The molecule has 1 aliphatic heterocycles. The SMILES string of the molecule is CC(C)(C)c1ccc2c(c1)C1(c3ccccc3-c3ccc(-c4ccccc4-c4ccc5c6c(cccc46)-c4ccccc4S5)cc31)c1cc(C(C)(C)C)ccc1-2. The second-order valence-electron chi connectivity index (χ2n) is 18.1. The van der Waals surface area contributed by atoms with Crippen LogP contribution in [-0.2, 0) is 16.2 Å². The van der Waals surface area contributed by atoms with Crippen LogP contribution in [0.15, 0.2) is 168 Å². The van der Waals surface area contributed by atoms with Crippen molar-refractivity contribution in [1.29, 1.82) is 0 Å². The molecular weight excluding hydrogens is 693 g/mol. The Labute approximate surface area is 335 Å². The molecular formula is C55H44S. The molecule has 3 aliphatic rings. The van der Waals surface area contributed by atoms with Crippen molar-refractivity contribution >= 4 is 22.5 Å². The topological polar surface area (TPSA) is 0 Å². The highest BCUT2D eigenvalue weighted by atomic mass is 32.2. The Kier molecular flexibility index (Phi) is 7.04. The molecule has 0 atom stereocenters. The fraction of sp³-hybridized carbons (Fsp3) is 0.164. The Morgan fingerprint density at radius 3 is 1.55 bits per heavy atom. The van der Waals surface area contributed by atoms with E-state index in [0.29, 0.717) is 0 Å². The van der Waals surface area contributed by atoms with Crippen molar-refractivity contribution in [1.82, 2.24) is 0 Å². The van der Waals surface area contributed by atoms with Gasteiger partial charge in [-0.15, -0.1) is 0 Å². The maximum Gasteiger partial charge on any atom is 0.0725 e. The second kappa shape index (κ2) is 11.7. The van der Waals surface area contributed by atoms with Gasteiger partial charge in [-0.3, -0.25) is 0 Å². The van der Waals surface area contributed by atoms with Gasteiger partial charge < -0.3 is 0 Å². The Hall–Kier alpha value is -5.63. The standard InChI is InChI=1S/C55H44S/c1-53(2,3)34-23-26-41-42-27-24-35(54(4,5)6)32-49(42)55(48(41)31-34)46-20-11-9-16-39(46)40-25-22-33(30-47(40)55)36-14-7-8-15-37(36)38-28-29-51-52-44(38)18-13-19-45(52)43-17-10-12-21-50(43)56-51/h7-32H,1-6H3. The molecule has 0 aromatic heterocycles. The Bertz CT molecular complexity index is 2900. The van der Waals surface area contributed by atoms with Gasteiger partial charge in [0.2, 0.25) is 0 Å². The Morgan fingerprint density at radius 2 is 0.875 bits per heavy atom. The van der Waals surface area contributed by atoms with Crippen LogP contribution in [0.2, 0.25) is 0 Å². The largest absolute Gasteiger partial charge is 0.0888 e. The summed E-state index contributed by atoms with van der Waals surface area (Å²) >= 11 is 1.89. The predicted octanol–water partition coefficient (Wildman–Crippen LogP) is 15.2. The molecule has 0 unspecified atom stereocenters. The zero-order chi connectivity index (χ0) is 38.1. The van der Waals surface area contributed by atoms with E-state index in [2.05, 4.69) is 199 Å². The van der Waals surface area contributed by atoms with Gasteiger partial charge in [-0.25, -0.2) is 0 Å². The van der Waals surface area contributed by atoms with Gasteiger partial charge in [0.25, 0.3) is 0 Å². The molecule has 2 aliphatic carbocycles. The van der Waals surface area contributed by atoms with E-state index in [1.54, 1.807) is 0 Å². The van der Waals surface area contributed by atoms with Crippen LogP contribution < -0.4 is 0 Å². The number of hydrogen-bond donors (Lipinski definition) is 0. The third-order valence-electron chi connectivity index (χ3n) is 12.8. The summed E-state index contributed by atoms with van der Waals surface area (Å²) in [4.78, 5) is 2.66. The van der Waals surface area contributed by atoms with Crippen LogP contribution in [0.1, 0.15) is 74.9 Å². The summed E-state index contributed by atoms with van der Waals surface area (Å²) in [7, 11) is 0. The minimum atomic E-state index is -0.436. The average molecular weight is 737 g/mol. The highest BCUT2D eigenvalue weighted by Crippen LogP contribution is 2.64. The Balaban J connectivity index is 1.18. The zero-order valence-corrected chi connectivity index (χ0v) is 33.7. The summed E-state index contributed by atoms with van der Waals surface area (Å²) in [5.74, 6) is 0. The van der Waals surface area contributed by atoms with E-state index in [0.717, 1.165) is 0 Å². The molecule has 1 heteroatoms. The van der Waals surface area contributed by atoms with Crippen molar-refractivity contribution in [3.05, 3.63) is 191 Å². The molecule has 11 rings (SSSR count). The van der Waals surface area contributed by atoms with Gasteiger partial charge in [-0.1, -0.05) is 193 Å². The molecule has 8 aromatic rings. The monoisotopic (exact) mass is 736 g/mol. The molecule has 0 radical (unpaired) electrons. The lowest BCUT2D eigenvalue weighted by Crippen LogP contribution is -2.27. The first-order valence-corrected chi connectivity index (χ1v) is 20.8. The number of hydrogen-bond acceptors (Lipinski definition) is 1. The molecule has 0 saturated heterocycles. The maximum atomic E-state index is 2.55. The number of benzene rings is 8. The molecule has 0 nitrogen and oxygen atoms in total. The normalized spacial score (nSPS) is 14.3. The molecule has 0 bridgehead atoms.